The maximum Gasteiger partial charge on any atom is 0.0770 e. The van der Waals surface area contributed by atoms with Gasteiger partial charge in [-0.1, -0.05) is 5.57 Å². The van der Waals surface area contributed by atoms with Crippen LogP contribution in [-0.4, -0.2) is 12.2 Å². The van der Waals surface area contributed by atoms with E-state index >= 15 is 0 Å². The molecular formula is C7H8O. The van der Waals surface area contributed by atoms with E-state index in [1.165, 1.54) is 6.42 Å². The van der Waals surface area contributed by atoms with Gasteiger partial charge in [0.1, 0.15) is 0 Å². The summed E-state index contributed by atoms with van der Waals surface area (Å²) in [6.45, 7) is 2.16. The van der Waals surface area contributed by atoms with E-state index in [1.807, 2.05) is 0 Å². The summed E-state index contributed by atoms with van der Waals surface area (Å²) in [5, 5.41) is 0. The highest BCUT2D eigenvalue weighted by Gasteiger charge is 2.60. The molecule has 0 aromatic rings. The molecule has 1 heteroatoms. The van der Waals surface area contributed by atoms with Gasteiger partial charge in [-0.05, 0) is 18.9 Å². The molecule has 0 spiro atoms. The van der Waals surface area contributed by atoms with Gasteiger partial charge >= 0.3 is 0 Å². The van der Waals surface area contributed by atoms with Crippen molar-refractivity contribution in [1.82, 2.24) is 0 Å². The molecule has 42 valence electrons. The molecule has 2 fully saturated rings. The Kier molecular flexibility index (Phi) is 0.358. The summed E-state index contributed by atoms with van der Waals surface area (Å²) in [5.41, 5.74) is 3.38. The minimum Gasteiger partial charge on any atom is -0.370 e. The third-order valence-electron chi connectivity index (χ3n) is 2.61. The first-order chi connectivity index (χ1) is 3.88. The van der Waals surface area contributed by atoms with E-state index in [0.29, 0.717) is 12.2 Å². The lowest BCUT2D eigenvalue weighted by Crippen LogP contribution is -2.23. The average Bonchev–Trinajstić information content (AvgIpc) is 2.20. The predicted octanol–water partition coefficient (Wildman–Crippen LogP) is 1.10. The second-order valence-corrected chi connectivity index (χ2v) is 2.98. The molecule has 0 N–H and O–H groups in total. The first kappa shape index (κ1) is 3.67. The minimum absolute atomic E-state index is 0.494. The monoisotopic (exact) mass is 108 g/mol. The van der Waals surface area contributed by atoms with E-state index in [0.717, 1.165) is 5.92 Å². The molecule has 1 saturated heterocycles. The Morgan fingerprint density at radius 3 is 2.75 bits per heavy atom. The smallest absolute Gasteiger partial charge is 0.0770 e. The van der Waals surface area contributed by atoms with Gasteiger partial charge in [0.2, 0.25) is 0 Å². The van der Waals surface area contributed by atoms with Crippen molar-refractivity contribution in [2.75, 3.05) is 0 Å². The van der Waals surface area contributed by atoms with Gasteiger partial charge in [-0.2, -0.15) is 0 Å². The first-order valence-corrected chi connectivity index (χ1v) is 3.26. The molecule has 0 radical (unpaired) electrons. The lowest BCUT2D eigenvalue weighted by molar-refractivity contribution is 0.0220. The molecule has 1 heterocycles. The summed E-state index contributed by atoms with van der Waals surface area (Å²) >= 11 is 0. The molecule has 3 unspecified atom stereocenters. The molecule has 8 heavy (non-hydrogen) atoms. The Morgan fingerprint density at radius 1 is 1.62 bits per heavy atom. The van der Waals surface area contributed by atoms with E-state index in [2.05, 4.69) is 6.92 Å². The highest BCUT2D eigenvalue weighted by atomic mass is 16.5. The maximum absolute atomic E-state index is 5.53. The zero-order chi connectivity index (χ0) is 5.30. The van der Waals surface area contributed by atoms with Gasteiger partial charge in [-0.25, -0.2) is 0 Å². The Bertz CT molecular complexity index is 193. The molecule has 1 nitrogen and oxygen atoms in total. The lowest BCUT2D eigenvalue weighted by atomic mass is 9.95. The summed E-state index contributed by atoms with van der Waals surface area (Å²) < 4.78 is 5.53. The zero-order valence-corrected chi connectivity index (χ0v) is 4.85. The van der Waals surface area contributed by atoms with Gasteiger partial charge in [0.05, 0.1) is 12.2 Å². The molecule has 0 amide bonds. The quantitative estimate of drug-likeness (QED) is 0.422. The van der Waals surface area contributed by atoms with Gasteiger partial charge in [0.25, 0.3) is 0 Å². The molecule has 1 saturated carbocycles. The Hall–Kier alpha value is -0.300. The van der Waals surface area contributed by atoms with Crippen molar-refractivity contribution in [3.05, 3.63) is 11.1 Å². The summed E-state index contributed by atoms with van der Waals surface area (Å²) in [7, 11) is 0. The van der Waals surface area contributed by atoms with E-state index < -0.39 is 0 Å². The van der Waals surface area contributed by atoms with Crippen molar-refractivity contribution >= 4 is 0 Å². The normalized spacial score (nSPS) is 55.9. The fraction of sp³-hybridized carbons (Fsp3) is 0.714. The van der Waals surface area contributed by atoms with Gasteiger partial charge in [0, 0.05) is 5.92 Å². The molecule has 3 atom stereocenters. The third-order valence-corrected chi connectivity index (χ3v) is 2.61. The molecule has 2 aliphatic carbocycles. The largest absolute Gasteiger partial charge is 0.370 e. The minimum atomic E-state index is 0.494. The number of hydrogen-bond acceptors (Lipinski definition) is 1. The number of ether oxygens (including phenoxy) is 1. The van der Waals surface area contributed by atoms with Crippen molar-refractivity contribution in [3.63, 3.8) is 0 Å². The van der Waals surface area contributed by atoms with Crippen LogP contribution in [0.4, 0.5) is 0 Å². The molecule has 0 aromatic heterocycles. The van der Waals surface area contributed by atoms with Crippen LogP contribution in [0.15, 0.2) is 11.1 Å². The fourth-order valence-corrected chi connectivity index (χ4v) is 2.13. The van der Waals surface area contributed by atoms with Crippen LogP contribution in [0.1, 0.15) is 13.3 Å². The van der Waals surface area contributed by atoms with Gasteiger partial charge in [-0.3, -0.25) is 0 Å². The first-order valence-electron chi connectivity index (χ1n) is 3.26. The van der Waals surface area contributed by atoms with E-state index in [4.69, 9.17) is 4.74 Å². The van der Waals surface area contributed by atoms with Crippen LogP contribution in [0.3, 0.4) is 0 Å². The second-order valence-electron chi connectivity index (χ2n) is 2.98. The van der Waals surface area contributed by atoms with Crippen molar-refractivity contribution in [1.29, 1.82) is 0 Å². The van der Waals surface area contributed by atoms with Crippen LogP contribution in [-0.2, 0) is 4.74 Å². The topological polar surface area (TPSA) is 9.23 Å². The average molecular weight is 108 g/mol. The SMILES string of the molecule is CC1OC2CC3=C1C32. The summed E-state index contributed by atoms with van der Waals surface area (Å²) in [4.78, 5) is 0. The zero-order valence-electron chi connectivity index (χ0n) is 4.85. The lowest BCUT2D eigenvalue weighted by Gasteiger charge is -2.23. The molecule has 0 bridgehead atoms. The summed E-state index contributed by atoms with van der Waals surface area (Å²) in [6.07, 6.45) is 2.40. The number of rotatable bonds is 0. The molecule has 1 aliphatic heterocycles. The summed E-state index contributed by atoms with van der Waals surface area (Å²) in [5.74, 6) is 0.866. The Morgan fingerprint density at radius 2 is 2.50 bits per heavy atom. The van der Waals surface area contributed by atoms with Crippen molar-refractivity contribution in [2.45, 2.75) is 25.6 Å². The number of hydrogen-bond donors (Lipinski definition) is 0. The van der Waals surface area contributed by atoms with Crippen LogP contribution in [0.5, 0.6) is 0 Å². The molecular weight excluding hydrogens is 100 g/mol. The molecule has 0 aromatic carbocycles. The van der Waals surface area contributed by atoms with E-state index in [-0.39, 0.29) is 0 Å². The van der Waals surface area contributed by atoms with Crippen LogP contribution in [0.2, 0.25) is 0 Å². The van der Waals surface area contributed by atoms with Crippen LogP contribution < -0.4 is 0 Å². The highest BCUT2D eigenvalue weighted by Crippen LogP contribution is 2.63. The second kappa shape index (κ2) is 0.781. The summed E-state index contributed by atoms with van der Waals surface area (Å²) in [6, 6.07) is 0. The Labute approximate surface area is 48.3 Å². The van der Waals surface area contributed by atoms with E-state index in [9.17, 15) is 0 Å². The van der Waals surface area contributed by atoms with Crippen molar-refractivity contribution in [3.8, 4) is 0 Å². The van der Waals surface area contributed by atoms with Crippen LogP contribution in [0.25, 0.3) is 0 Å². The van der Waals surface area contributed by atoms with Crippen molar-refractivity contribution in [2.24, 2.45) is 5.92 Å². The Balaban J connectivity index is 2.13. The standard InChI is InChI=1S/C7H8O/c1-3-6-4-2-5(8-3)7(4)6/h3,5,7H,2H2,1H3. The van der Waals surface area contributed by atoms with Crippen LogP contribution >= 0.6 is 0 Å². The van der Waals surface area contributed by atoms with Gasteiger partial charge < -0.3 is 4.74 Å². The third kappa shape index (κ3) is 0.191. The van der Waals surface area contributed by atoms with Gasteiger partial charge in [0.15, 0.2) is 0 Å². The fourth-order valence-electron chi connectivity index (χ4n) is 2.13. The van der Waals surface area contributed by atoms with Gasteiger partial charge in [-0.15, -0.1) is 0 Å². The maximum atomic E-state index is 5.53. The predicted molar refractivity (Wildman–Crippen MR) is 29.5 cm³/mol. The molecule has 3 aliphatic rings. The van der Waals surface area contributed by atoms with Crippen LogP contribution in [0, 0.1) is 5.92 Å². The van der Waals surface area contributed by atoms with Crippen molar-refractivity contribution < 1.29 is 4.74 Å². The molecule has 3 rings (SSSR count). The van der Waals surface area contributed by atoms with E-state index in [1.54, 1.807) is 11.1 Å². The highest BCUT2D eigenvalue weighted by molar-refractivity contribution is 5.55.